The highest BCUT2D eigenvalue weighted by Gasteiger charge is 2.35. The first-order valence-corrected chi connectivity index (χ1v) is 7.46. The van der Waals surface area contributed by atoms with Gasteiger partial charge >= 0.3 is 0 Å². The summed E-state index contributed by atoms with van der Waals surface area (Å²) in [6.45, 7) is -0.283. The molecule has 1 fully saturated rings. The summed E-state index contributed by atoms with van der Waals surface area (Å²) in [6, 6.07) is 1.73. The van der Waals surface area contributed by atoms with Crippen LogP contribution in [-0.2, 0) is 21.4 Å². The topological polar surface area (TPSA) is 66.8 Å². The van der Waals surface area contributed by atoms with E-state index >= 15 is 0 Å². The van der Waals surface area contributed by atoms with E-state index in [0.29, 0.717) is 6.42 Å². The highest BCUT2D eigenvalue weighted by Crippen LogP contribution is 2.26. The van der Waals surface area contributed by atoms with Gasteiger partial charge in [-0.15, -0.1) is 0 Å². The van der Waals surface area contributed by atoms with E-state index in [1.807, 2.05) is 0 Å². The fourth-order valence-electron chi connectivity index (χ4n) is 2.14. The van der Waals surface area contributed by atoms with E-state index in [1.54, 1.807) is 0 Å². The number of halogens is 2. The molecule has 112 valence electrons. The SMILES string of the molecule is COC1CCN(S(=O)(=O)c2cc(CO)cc(F)c2F)C1. The molecule has 1 N–H and O–H groups in total. The minimum atomic E-state index is -4.14. The number of hydrogen-bond acceptors (Lipinski definition) is 4. The van der Waals surface area contributed by atoms with Crippen molar-refractivity contribution in [2.75, 3.05) is 20.2 Å². The third-order valence-corrected chi connectivity index (χ3v) is 5.16. The summed E-state index contributed by atoms with van der Waals surface area (Å²) < 4.78 is 57.9. The Morgan fingerprint density at radius 1 is 1.45 bits per heavy atom. The van der Waals surface area contributed by atoms with Gasteiger partial charge in [0, 0.05) is 20.2 Å². The van der Waals surface area contributed by atoms with Crippen LogP contribution in [0.15, 0.2) is 17.0 Å². The van der Waals surface area contributed by atoms with Crippen LogP contribution in [0.25, 0.3) is 0 Å². The molecule has 1 aliphatic rings. The number of aliphatic hydroxyl groups excluding tert-OH is 1. The highest BCUT2D eigenvalue weighted by molar-refractivity contribution is 7.89. The van der Waals surface area contributed by atoms with Gasteiger partial charge in [-0.1, -0.05) is 0 Å². The predicted octanol–water partition coefficient (Wildman–Crippen LogP) is 0.867. The average Bonchev–Trinajstić information content (AvgIpc) is 2.91. The van der Waals surface area contributed by atoms with Crippen LogP contribution in [0.1, 0.15) is 12.0 Å². The Morgan fingerprint density at radius 2 is 2.15 bits per heavy atom. The third-order valence-electron chi connectivity index (χ3n) is 3.30. The van der Waals surface area contributed by atoms with Crippen LogP contribution in [0.2, 0.25) is 0 Å². The monoisotopic (exact) mass is 307 g/mol. The van der Waals surface area contributed by atoms with Crippen molar-refractivity contribution in [2.45, 2.75) is 24.0 Å². The summed E-state index contributed by atoms with van der Waals surface area (Å²) in [7, 11) is -2.67. The molecule has 2 rings (SSSR count). The summed E-state index contributed by atoms with van der Waals surface area (Å²) in [6.07, 6.45) is 0.248. The minimum Gasteiger partial charge on any atom is -0.392 e. The molecule has 5 nitrogen and oxygen atoms in total. The Hall–Kier alpha value is -1.09. The first kappa shape index (κ1) is 15.3. The summed E-state index contributed by atoms with van der Waals surface area (Å²) in [5.41, 5.74) is 0.00460. The molecule has 20 heavy (non-hydrogen) atoms. The average molecular weight is 307 g/mol. The normalized spacial score (nSPS) is 20.5. The quantitative estimate of drug-likeness (QED) is 0.896. The number of sulfonamides is 1. The van der Waals surface area contributed by atoms with Gasteiger partial charge in [0.1, 0.15) is 4.90 Å². The largest absolute Gasteiger partial charge is 0.392 e. The second-order valence-corrected chi connectivity index (χ2v) is 6.46. The van der Waals surface area contributed by atoms with Crippen LogP contribution >= 0.6 is 0 Å². The van der Waals surface area contributed by atoms with E-state index in [0.717, 1.165) is 16.4 Å². The third kappa shape index (κ3) is 2.69. The molecule has 0 radical (unpaired) electrons. The maximum atomic E-state index is 13.8. The van der Waals surface area contributed by atoms with Crippen LogP contribution in [0.4, 0.5) is 8.78 Å². The lowest BCUT2D eigenvalue weighted by atomic mass is 10.2. The second-order valence-electron chi connectivity index (χ2n) is 4.56. The van der Waals surface area contributed by atoms with Crippen molar-refractivity contribution in [1.29, 1.82) is 0 Å². The van der Waals surface area contributed by atoms with Crippen molar-refractivity contribution in [3.8, 4) is 0 Å². The molecule has 1 aromatic rings. The van der Waals surface area contributed by atoms with E-state index in [-0.39, 0.29) is 24.8 Å². The fraction of sp³-hybridized carbons (Fsp3) is 0.500. The molecule has 1 aromatic carbocycles. The Labute approximate surface area is 115 Å². The molecular weight excluding hydrogens is 292 g/mol. The molecule has 1 unspecified atom stereocenters. The van der Waals surface area contributed by atoms with Crippen molar-refractivity contribution in [3.05, 3.63) is 29.3 Å². The van der Waals surface area contributed by atoms with Crippen LogP contribution in [0, 0.1) is 11.6 Å². The molecule has 0 aromatic heterocycles. The van der Waals surface area contributed by atoms with Gasteiger partial charge in [-0.05, 0) is 24.1 Å². The van der Waals surface area contributed by atoms with E-state index < -0.39 is 33.2 Å². The first-order valence-electron chi connectivity index (χ1n) is 6.02. The van der Waals surface area contributed by atoms with E-state index in [1.165, 1.54) is 7.11 Å². The van der Waals surface area contributed by atoms with Gasteiger partial charge in [0.2, 0.25) is 10.0 Å². The Bertz CT molecular complexity index is 606. The summed E-state index contributed by atoms with van der Waals surface area (Å²) >= 11 is 0. The van der Waals surface area contributed by atoms with Crippen molar-refractivity contribution in [3.63, 3.8) is 0 Å². The lowest BCUT2D eigenvalue weighted by Gasteiger charge is -2.17. The molecule has 1 saturated heterocycles. The Balaban J connectivity index is 2.42. The van der Waals surface area contributed by atoms with Gasteiger partial charge in [0.15, 0.2) is 11.6 Å². The van der Waals surface area contributed by atoms with E-state index in [2.05, 4.69) is 0 Å². The number of rotatable bonds is 4. The molecule has 0 bridgehead atoms. The van der Waals surface area contributed by atoms with Crippen molar-refractivity contribution < 1.29 is 27.0 Å². The van der Waals surface area contributed by atoms with Crippen LogP contribution < -0.4 is 0 Å². The van der Waals surface area contributed by atoms with Crippen molar-refractivity contribution in [1.82, 2.24) is 4.31 Å². The second kappa shape index (κ2) is 5.72. The number of ether oxygens (including phenoxy) is 1. The zero-order chi connectivity index (χ0) is 14.9. The molecule has 8 heteroatoms. The van der Waals surface area contributed by atoms with Crippen molar-refractivity contribution >= 4 is 10.0 Å². The Kier molecular flexibility index (Phi) is 4.38. The molecular formula is C12H15F2NO4S. The maximum Gasteiger partial charge on any atom is 0.246 e. The van der Waals surface area contributed by atoms with Gasteiger partial charge in [0.25, 0.3) is 0 Å². The summed E-state index contributed by atoms with van der Waals surface area (Å²) in [5.74, 6) is -2.72. The molecule has 1 heterocycles. The van der Waals surface area contributed by atoms with Gasteiger partial charge in [-0.25, -0.2) is 17.2 Å². The highest BCUT2D eigenvalue weighted by atomic mass is 32.2. The van der Waals surface area contributed by atoms with Gasteiger partial charge in [-0.2, -0.15) is 4.31 Å². The standard InChI is InChI=1S/C12H15F2NO4S/c1-19-9-2-3-15(6-9)20(17,18)11-5-8(7-16)4-10(13)12(11)14/h4-5,9,16H,2-3,6-7H2,1H3. The maximum absolute atomic E-state index is 13.8. The molecule has 0 aliphatic carbocycles. The lowest BCUT2D eigenvalue weighted by Crippen LogP contribution is -2.31. The summed E-state index contributed by atoms with van der Waals surface area (Å²) in [4.78, 5) is -0.752. The number of aliphatic hydroxyl groups is 1. The zero-order valence-electron chi connectivity index (χ0n) is 10.8. The van der Waals surface area contributed by atoms with Crippen LogP contribution in [0.5, 0.6) is 0 Å². The van der Waals surface area contributed by atoms with Crippen LogP contribution in [-0.4, -0.2) is 44.1 Å². The first-order chi connectivity index (χ1) is 9.40. The van der Waals surface area contributed by atoms with Gasteiger partial charge in [0.05, 0.1) is 12.7 Å². The number of methoxy groups -OCH3 is 1. The molecule has 0 saturated carbocycles. The zero-order valence-corrected chi connectivity index (χ0v) is 11.7. The summed E-state index contributed by atoms with van der Waals surface area (Å²) in [5, 5.41) is 8.97. The lowest BCUT2D eigenvalue weighted by molar-refractivity contribution is 0.115. The minimum absolute atomic E-state index is 0.00460. The molecule has 0 amide bonds. The Morgan fingerprint density at radius 3 is 2.70 bits per heavy atom. The number of hydrogen-bond donors (Lipinski definition) is 1. The van der Waals surface area contributed by atoms with Gasteiger partial charge < -0.3 is 9.84 Å². The van der Waals surface area contributed by atoms with Gasteiger partial charge in [-0.3, -0.25) is 0 Å². The smallest absolute Gasteiger partial charge is 0.246 e. The van der Waals surface area contributed by atoms with Crippen LogP contribution in [0.3, 0.4) is 0 Å². The predicted molar refractivity (Wildman–Crippen MR) is 66.5 cm³/mol. The van der Waals surface area contributed by atoms with Crippen molar-refractivity contribution in [2.24, 2.45) is 0 Å². The molecule has 0 spiro atoms. The molecule has 1 aliphatic heterocycles. The fourth-order valence-corrected chi connectivity index (χ4v) is 3.75. The van der Waals surface area contributed by atoms with E-state index in [9.17, 15) is 17.2 Å². The number of nitrogens with zero attached hydrogens (tertiary/aromatic N) is 1. The van der Waals surface area contributed by atoms with E-state index in [4.69, 9.17) is 9.84 Å². The number of benzene rings is 1. The molecule has 1 atom stereocenters.